The van der Waals surface area contributed by atoms with E-state index in [9.17, 15) is 4.79 Å². The van der Waals surface area contributed by atoms with Crippen LogP contribution in [0.3, 0.4) is 0 Å². The summed E-state index contributed by atoms with van der Waals surface area (Å²) in [5, 5.41) is 10.3. The van der Waals surface area contributed by atoms with Crippen molar-refractivity contribution >= 4 is 23.2 Å². The fourth-order valence-electron chi connectivity index (χ4n) is 5.53. The molecule has 3 aromatic rings. The highest BCUT2D eigenvalue weighted by Gasteiger charge is 2.24. The maximum atomic E-state index is 12.4. The van der Waals surface area contributed by atoms with Crippen molar-refractivity contribution in [3.63, 3.8) is 0 Å². The van der Waals surface area contributed by atoms with Gasteiger partial charge in [-0.05, 0) is 62.5 Å². The van der Waals surface area contributed by atoms with E-state index in [1.807, 2.05) is 30.5 Å². The molecule has 6 rings (SSSR count). The first-order chi connectivity index (χ1) is 18.2. The van der Waals surface area contributed by atoms with Gasteiger partial charge < -0.3 is 20.7 Å². The lowest BCUT2D eigenvalue weighted by Crippen LogP contribution is -2.25. The van der Waals surface area contributed by atoms with Crippen LogP contribution in [-0.2, 0) is 4.74 Å². The Bertz CT molecular complexity index is 1210. The van der Waals surface area contributed by atoms with Gasteiger partial charge in [0.25, 0.3) is 5.91 Å². The maximum Gasteiger partial charge on any atom is 0.251 e. The number of nitrogens with zero attached hydrogens (tertiary/aromatic N) is 3. The fraction of sp³-hybridized carbons (Fsp3) is 0.552. The second-order valence-corrected chi connectivity index (χ2v) is 11.0. The van der Waals surface area contributed by atoms with Gasteiger partial charge in [0.05, 0.1) is 18.1 Å². The number of carbonyl (C=O) groups is 1. The van der Waals surface area contributed by atoms with Gasteiger partial charge in [-0.1, -0.05) is 31.4 Å². The molecule has 0 spiro atoms. The molecule has 1 aromatic carbocycles. The van der Waals surface area contributed by atoms with E-state index >= 15 is 0 Å². The van der Waals surface area contributed by atoms with Crippen LogP contribution in [0.1, 0.15) is 68.1 Å². The topological polar surface area (TPSA) is 92.6 Å². The van der Waals surface area contributed by atoms with Crippen molar-refractivity contribution < 1.29 is 9.53 Å². The van der Waals surface area contributed by atoms with Crippen molar-refractivity contribution in [2.24, 2.45) is 11.8 Å². The lowest BCUT2D eigenvalue weighted by molar-refractivity contribution is 0.0699. The minimum Gasteiger partial charge on any atom is -0.381 e. The van der Waals surface area contributed by atoms with Crippen LogP contribution in [0.4, 0.5) is 11.6 Å². The number of nitrogens with one attached hydrogen (secondary N) is 3. The fourth-order valence-corrected chi connectivity index (χ4v) is 5.53. The van der Waals surface area contributed by atoms with E-state index in [0.717, 1.165) is 80.5 Å². The van der Waals surface area contributed by atoms with Crippen molar-refractivity contribution in [2.45, 2.75) is 63.8 Å². The summed E-state index contributed by atoms with van der Waals surface area (Å²) in [5.74, 6) is 2.98. The molecule has 37 heavy (non-hydrogen) atoms. The summed E-state index contributed by atoms with van der Waals surface area (Å²) in [6, 6.07) is 8.18. The first kappa shape index (κ1) is 24.2. The lowest BCUT2D eigenvalue weighted by Gasteiger charge is -2.23. The van der Waals surface area contributed by atoms with E-state index in [4.69, 9.17) is 14.7 Å². The van der Waals surface area contributed by atoms with Crippen LogP contribution >= 0.6 is 0 Å². The van der Waals surface area contributed by atoms with Gasteiger partial charge in [-0.2, -0.15) is 0 Å². The van der Waals surface area contributed by atoms with Crippen LogP contribution in [0.15, 0.2) is 36.7 Å². The SMILES string of the molecule is O=C(NC1CC1)c1ccc(-c2cnc3c(NCC4CCOCC4)nc(NCC4CCCCC4)cn23)cc1. The van der Waals surface area contributed by atoms with E-state index in [2.05, 4.69) is 26.5 Å². The number of carbonyl (C=O) groups excluding carboxylic acids is 1. The van der Waals surface area contributed by atoms with Gasteiger partial charge in [0.2, 0.25) is 0 Å². The Labute approximate surface area is 218 Å². The molecule has 1 aliphatic heterocycles. The Morgan fingerprint density at radius 2 is 1.65 bits per heavy atom. The number of aromatic nitrogens is 3. The molecule has 2 saturated carbocycles. The third-order valence-electron chi connectivity index (χ3n) is 8.04. The van der Waals surface area contributed by atoms with Crippen LogP contribution in [0.25, 0.3) is 16.9 Å². The highest BCUT2D eigenvalue weighted by atomic mass is 16.5. The van der Waals surface area contributed by atoms with Gasteiger partial charge in [0, 0.05) is 43.5 Å². The Kier molecular flexibility index (Phi) is 7.26. The van der Waals surface area contributed by atoms with Crippen LogP contribution in [-0.4, -0.2) is 52.6 Å². The van der Waals surface area contributed by atoms with Crippen molar-refractivity contribution in [3.8, 4) is 11.3 Å². The van der Waals surface area contributed by atoms with E-state index in [1.54, 1.807) is 0 Å². The Morgan fingerprint density at radius 1 is 0.919 bits per heavy atom. The third kappa shape index (κ3) is 5.90. The van der Waals surface area contributed by atoms with E-state index < -0.39 is 0 Å². The summed E-state index contributed by atoms with van der Waals surface area (Å²) >= 11 is 0. The van der Waals surface area contributed by atoms with Gasteiger partial charge in [-0.3, -0.25) is 9.20 Å². The molecule has 8 nitrogen and oxygen atoms in total. The number of hydrogen-bond donors (Lipinski definition) is 3. The van der Waals surface area contributed by atoms with Gasteiger partial charge in [0.1, 0.15) is 5.82 Å². The van der Waals surface area contributed by atoms with Gasteiger partial charge >= 0.3 is 0 Å². The average molecular weight is 503 g/mol. The number of anilines is 2. The molecule has 0 bridgehead atoms. The molecule has 0 unspecified atom stereocenters. The quantitative estimate of drug-likeness (QED) is 0.376. The monoisotopic (exact) mass is 502 g/mol. The Morgan fingerprint density at radius 3 is 2.41 bits per heavy atom. The summed E-state index contributed by atoms with van der Waals surface area (Å²) in [7, 11) is 0. The molecule has 3 aliphatic rings. The van der Waals surface area contributed by atoms with Crippen molar-refractivity contribution in [1.82, 2.24) is 19.7 Å². The van der Waals surface area contributed by atoms with Crippen LogP contribution in [0.2, 0.25) is 0 Å². The van der Waals surface area contributed by atoms with E-state index in [-0.39, 0.29) is 5.91 Å². The van der Waals surface area contributed by atoms with Crippen molar-refractivity contribution in [3.05, 3.63) is 42.2 Å². The first-order valence-electron chi connectivity index (χ1n) is 14.1. The predicted octanol–water partition coefficient (Wildman–Crippen LogP) is 5.12. The largest absolute Gasteiger partial charge is 0.381 e. The highest BCUT2D eigenvalue weighted by Crippen LogP contribution is 2.28. The second-order valence-electron chi connectivity index (χ2n) is 11.0. The molecule has 0 radical (unpaired) electrons. The average Bonchev–Trinajstić information content (AvgIpc) is 3.66. The van der Waals surface area contributed by atoms with Gasteiger partial charge in [-0.15, -0.1) is 0 Å². The zero-order valence-corrected chi connectivity index (χ0v) is 21.5. The minimum atomic E-state index is 0.00481. The molecule has 1 amide bonds. The smallest absolute Gasteiger partial charge is 0.251 e. The molecular formula is C29H38N6O2. The number of benzene rings is 1. The number of hydrogen-bond acceptors (Lipinski definition) is 6. The number of rotatable bonds is 9. The molecular weight excluding hydrogens is 464 g/mol. The molecule has 2 aromatic heterocycles. The molecule has 3 heterocycles. The molecule has 2 aliphatic carbocycles. The van der Waals surface area contributed by atoms with Crippen LogP contribution in [0, 0.1) is 11.8 Å². The summed E-state index contributed by atoms with van der Waals surface area (Å²) in [6.07, 6.45) is 14.9. The number of amides is 1. The second kappa shape index (κ2) is 11.1. The highest BCUT2D eigenvalue weighted by molar-refractivity contribution is 5.95. The summed E-state index contributed by atoms with van der Waals surface area (Å²) < 4.78 is 7.66. The van der Waals surface area contributed by atoms with Gasteiger partial charge in [0.15, 0.2) is 11.5 Å². The van der Waals surface area contributed by atoms with Crippen molar-refractivity contribution in [2.75, 3.05) is 36.9 Å². The molecule has 1 saturated heterocycles. The van der Waals surface area contributed by atoms with E-state index in [1.165, 1.54) is 32.1 Å². The molecule has 8 heteroatoms. The summed E-state index contributed by atoms with van der Waals surface area (Å²) in [5.41, 5.74) is 3.53. The zero-order valence-electron chi connectivity index (χ0n) is 21.5. The molecule has 3 N–H and O–H groups in total. The Balaban J connectivity index is 1.25. The normalized spacial score (nSPS) is 19.1. The number of ether oxygens (including phenoxy) is 1. The zero-order chi connectivity index (χ0) is 25.0. The van der Waals surface area contributed by atoms with Crippen LogP contribution < -0.4 is 16.0 Å². The Hall–Kier alpha value is -3.13. The van der Waals surface area contributed by atoms with Gasteiger partial charge in [-0.25, -0.2) is 9.97 Å². The lowest BCUT2D eigenvalue weighted by atomic mass is 9.89. The molecule has 0 atom stereocenters. The minimum absolute atomic E-state index is 0.00481. The van der Waals surface area contributed by atoms with E-state index in [0.29, 0.717) is 23.4 Å². The molecule has 196 valence electrons. The predicted molar refractivity (Wildman–Crippen MR) is 146 cm³/mol. The summed E-state index contributed by atoms with van der Waals surface area (Å²) in [4.78, 5) is 22.2. The number of imidazole rings is 1. The molecule has 3 fully saturated rings. The first-order valence-corrected chi connectivity index (χ1v) is 14.1. The maximum absolute atomic E-state index is 12.4. The van der Waals surface area contributed by atoms with Crippen LogP contribution in [0.5, 0.6) is 0 Å². The standard InChI is InChI=1S/C29H38N6O2/c36-29(33-24-10-11-24)23-8-6-22(7-9-23)25-18-32-28-27(31-17-21-12-14-37-15-13-21)34-26(19-35(25)28)30-16-20-4-2-1-3-5-20/h6-9,18-21,24,30H,1-5,10-17H2,(H,31,34)(H,33,36). The summed E-state index contributed by atoms with van der Waals surface area (Å²) in [6.45, 7) is 3.48. The van der Waals surface area contributed by atoms with Crippen molar-refractivity contribution in [1.29, 1.82) is 0 Å². The third-order valence-corrected chi connectivity index (χ3v) is 8.04. The number of fused-ring (bicyclic) bond motifs is 1.